The van der Waals surface area contributed by atoms with Crippen molar-refractivity contribution in [3.8, 4) is 5.75 Å². The number of fused-ring (bicyclic) bond motifs is 1. The normalized spacial score (nSPS) is 10.8. The van der Waals surface area contributed by atoms with Crippen LogP contribution in [0.1, 0.15) is 0 Å². The van der Waals surface area contributed by atoms with Crippen LogP contribution in [0, 0.1) is 0 Å². The quantitative estimate of drug-likeness (QED) is 0.848. The maximum atomic E-state index is 12.3. The van der Waals surface area contributed by atoms with Crippen LogP contribution >= 0.6 is 11.6 Å². The summed E-state index contributed by atoms with van der Waals surface area (Å²) in [5, 5.41) is 3.65. The molecule has 0 saturated heterocycles. The third-order valence-corrected chi connectivity index (χ3v) is 3.00. The molecule has 6 heteroatoms. The molecule has 0 aliphatic heterocycles. The average Bonchev–Trinajstić information content (AvgIpc) is 2.38. The van der Waals surface area contributed by atoms with Gasteiger partial charge in [0, 0.05) is 13.1 Å². The molecule has 0 saturated carbocycles. The van der Waals surface area contributed by atoms with Gasteiger partial charge in [-0.2, -0.15) is 0 Å². The number of hydrogen-bond donors (Lipinski definition) is 1. The van der Waals surface area contributed by atoms with Crippen LogP contribution in [0.25, 0.3) is 10.9 Å². The zero-order valence-corrected chi connectivity index (χ0v) is 11.0. The molecular weight excluding hydrogens is 254 g/mol. The van der Waals surface area contributed by atoms with Crippen LogP contribution in [0.2, 0.25) is 5.28 Å². The smallest absolute Gasteiger partial charge is 0.262 e. The van der Waals surface area contributed by atoms with E-state index in [4.69, 9.17) is 16.3 Å². The van der Waals surface area contributed by atoms with E-state index in [-0.39, 0.29) is 10.8 Å². The zero-order valence-electron chi connectivity index (χ0n) is 10.2. The molecule has 1 aromatic carbocycles. The number of nitrogens with one attached hydrogen (secondary N) is 1. The summed E-state index contributed by atoms with van der Waals surface area (Å²) in [6.45, 7) is 1.13. The molecular formula is C12H14ClN3O2. The van der Waals surface area contributed by atoms with Gasteiger partial charge in [0.25, 0.3) is 5.56 Å². The van der Waals surface area contributed by atoms with E-state index in [1.54, 1.807) is 18.2 Å². The maximum absolute atomic E-state index is 12.3. The third kappa shape index (κ3) is 2.19. The zero-order chi connectivity index (χ0) is 13.1. The van der Waals surface area contributed by atoms with E-state index in [0.717, 1.165) is 0 Å². The number of rotatable bonds is 4. The summed E-state index contributed by atoms with van der Waals surface area (Å²) in [7, 11) is 3.35. The highest BCUT2D eigenvalue weighted by molar-refractivity contribution is 6.28. The van der Waals surface area contributed by atoms with E-state index >= 15 is 0 Å². The van der Waals surface area contributed by atoms with Crippen molar-refractivity contribution in [2.45, 2.75) is 6.54 Å². The molecule has 0 spiro atoms. The van der Waals surface area contributed by atoms with Gasteiger partial charge in [-0.1, -0.05) is 6.07 Å². The van der Waals surface area contributed by atoms with Crippen LogP contribution in [0.5, 0.6) is 5.75 Å². The SMILES string of the molecule is CNCCn1c(Cl)nc2c(OC)cccc2c1=O. The van der Waals surface area contributed by atoms with Crippen molar-refractivity contribution in [3.63, 3.8) is 0 Å². The first kappa shape index (κ1) is 12.9. The second kappa shape index (κ2) is 5.37. The Labute approximate surface area is 109 Å². The predicted molar refractivity (Wildman–Crippen MR) is 71.5 cm³/mol. The van der Waals surface area contributed by atoms with Crippen LogP contribution in [-0.4, -0.2) is 30.3 Å². The van der Waals surface area contributed by atoms with Crippen LogP contribution in [0.4, 0.5) is 0 Å². The number of para-hydroxylation sites is 1. The van der Waals surface area contributed by atoms with E-state index in [2.05, 4.69) is 10.3 Å². The fourth-order valence-electron chi connectivity index (χ4n) is 1.77. The summed E-state index contributed by atoms with van der Waals surface area (Å²) >= 11 is 6.04. The predicted octanol–water partition coefficient (Wildman–Crippen LogP) is 1.28. The molecule has 0 atom stereocenters. The minimum absolute atomic E-state index is 0.154. The van der Waals surface area contributed by atoms with Crippen LogP contribution in [0.3, 0.4) is 0 Å². The second-order valence-corrected chi connectivity index (χ2v) is 4.14. The Kier molecular flexibility index (Phi) is 3.84. The van der Waals surface area contributed by atoms with Gasteiger partial charge in [0.2, 0.25) is 5.28 Å². The van der Waals surface area contributed by atoms with Crippen molar-refractivity contribution in [1.29, 1.82) is 0 Å². The number of likely N-dealkylation sites (N-methyl/N-ethyl adjacent to an activating group) is 1. The number of halogens is 1. The number of methoxy groups -OCH3 is 1. The highest BCUT2D eigenvalue weighted by atomic mass is 35.5. The summed E-state index contributed by atoms with van der Waals surface area (Å²) in [5.41, 5.74) is 0.342. The molecule has 1 heterocycles. The molecule has 0 aliphatic carbocycles. The van der Waals surface area contributed by atoms with E-state index in [0.29, 0.717) is 29.7 Å². The van der Waals surface area contributed by atoms with Crippen molar-refractivity contribution in [1.82, 2.24) is 14.9 Å². The largest absolute Gasteiger partial charge is 0.494 e. The first-order valence-electron chi connectivity index (χ1n) is 5.56. The highest BCUT2D eigenvalue weighted by Crippen LogP contribution is 2.22. The van der Waals surface area contributed by atoms with Crippen molar-refractivity contribution >= 4 is 22.5 Å². The van der Waals surface area contributed by atoms with Crippen molar-refractivity contribution < 1.29 is 4.74 Å². The lowest BCUT2D eigenvalue weighted by Crippen LogP contribution is -2.27. The van der Waals surface area contributed by atoms with Gasteiger partial charge in [-0.3, -0.25) is 9.36 Å². The molecule has 1 N–H and O–H groups in total. The van der Waals surface area contributed by atoms with Gasteiger partial charge in [0.1, 0.15) is 11.3 Å². The molecule has 18 heavy (non-hydrogen) atoms. The van der Waals surface area contributed by atoms with Gasteiger partial charge in [0.15, 0.2) is 0 Å². The fraction of sp³-hybridized carbons (Fsp3) is 0.333. The molecule has 0 unspecified atom stereocenters. The molecule has 0 amide bonds. The molecule has 2 aromatic rings. The molecule has 2 rings (SSSR count). The Hall–Kier alpha value is -1.59. The molecule has 0 radical (unpaired) electrons. The first-order chi connectivity index (χ1) is 8.69. The first-order valence-corrected chi connectivity index (χ1v) is 5.94. The Morgan fingerprint density at radius 3 is 2.94 bits per heavy atom. The van der Waals surface area contributed by atoms with Gasteiger partial charge in [-0.05, 0) is 30.8 Å². The highest BCUT2D eigenvalue weighted by Gasteiger charge is 2.11. The van der Waals surface area contributed by atoms with Crippen molar-refractivity contribution in [2.24, 2.45) is 0 Å². The topological polar surface area (TPSA) is 56.1 Å². The van der Waals surface area contributed by atoms with Crippen molar-refractivity contribution in [2.75, 3.05) is 20.7 Å². The summed E-state index contributed by atoms with van der Waals surface area (Å²) in [4.78, 5) is 16.5. The number of ether oxygens (including phenoxy) is 1. The maximum Gasteiger partial charge on any atom is 0.262 e. The van der Waals surface area contributed by atoms with Gasteiger partial charge in [0.05, 0.1) is 12.5 Å². The number of hydrogen-bond acceptors (Lipinski definition) is 4. The Bertz CT molecular complexity index is 624. The van der Waals surface area contributed by atoms with E-state index in [1.165, 1.54) is 11.7 Å². The van der Waals surface area contributed by atoms with E-state index in [1.807, 2.05) is 7.05 Å². The molecule has 0 aliphatic rings. The lowest BCUT2D eigenvalue weighted by Gasteiger charge is -2.10. The average molecular weight is 268 g/mol. The molecule has 0 bridgehead atoms. The number of aromatic nitrogens is 2. The molecule has 5 nitrogen and oxygen atoms in total. The Morgan fingerprint density at radius 1 is 1.50 bits per heavy atom. The van der Waals surface area contributed by atoms with E-state index < -0.39 is 0 Å². The van der Waals surface area contributed by atoms with Crippen LogP contribution in [0.15, 0.2) is 23.0 Å². The van der Waals surface area contributed by atoms with Gasteiger partial charge >= 0.3 is 0 Å². The minimum atomic E-state index is -0.154. The molecule has 0 fully saturated rings. The third-order valence-electron chi connectivity index (χ3n) is 2.71. The lowest BCUT2D eigenvalue weighted by atomic mass is 10.2. The van der Waals surface area contributed by atoms with Gasteiger partial charge < -0.3 is 10.1 Å². The second-order valence-electron chi connectivity index (χ2n) is 3.80. The standard InChI is InChI=1S/C12H14ClN3O2/c1-14-6-7-16-11(17)8-4-3-5-9(18-2)10(8)15-12(16)13/h3-5,14H,6-7H2,1-2H3. The lowest BCUT2D eigenvalue weighted by molar-refractivity contribution is 0.418. The summed E-state index contributed by atoms with van der Waals surface area (Å²) < 4.78 is 6.62. The summed E-state index contributed by atoms with van der Waals surface area (Å²) in [5.74, 6) is 0.548. The monoisotopic (exact) mass is 267 g/mol. The number of nitrogens with zero attached hydrogens (tertiary/aromatic N) is 2. The molecule has 96 valence electrons. The van der Waals surface area contributed by atoms with E-state index in [9.17, 15) is 4.79 Å². The number of benzene rings is 1. The summed E-state index contributed by atoms with van der Waals surface area (Å²) in [6, 6.07) is 5.24. The fourth-order valence-corrected chi connectivity index (χ4v) is 2.02. The Balaban J connectivity index is 2.67. The van der Waals surface area contributed by atoms with Gasteiger partial charge in [-0.15, -0.1) is 0 Å². The summed E-state index contributed by atoms with van der Waals surface area (Å²) in [6.07, 6.45) is 0. The van der Waals surface area contributed by atoms with Gasteiger partial charge in [-0.25, -0.2) is 4.98 Å². The minimum Gasteiger partial charge on any atom is -0.494 e. The molecule has 1 aromatic heterocycles. The van der Waals surface area contributed by atoms with Crippen molar-refractivity contribution in [3.05, 3.63) is 33.8 Å². The Morgan fingerprint density at radius 2 is 2.28 bits per heavy atom. The van der Waals surface area contributed by atoms with Crippen LogP contribution < -0.4 is 15.6 Å². The van der Waals surface area contributed by atoms with Crippen LogP contribution in [-0.2, 0) is 6.54 Å².